The van der Waals surface area contributed by atoms with Crippen LogP contribution in [0.3, 0.4) is 0 Å². The number of nitrogens with two attached hydrogens (primary N) is 1. The van der Waals surface area contributed by atoms with Gasteiger partial charge in [0, 0.05) is 6.04 Å². The van der Waals surface area contributed by atoms with E-state index in [1.165, 1.54) is 12.0 Å². The predicted octanol–water partition coefficient (Wildman–Crippen LogP) is 2.42. The number of aromatic nitrogens is 1. The van der Waals surface area contributed by atoms with Crippen molar-refractivity contribution >= 4 is 11.1 Å². The average molecular weight is 247 g/mol. The van der Waals surface area contributed by atoms with Crippen LogP contribution in [0.2, 0.25) is 0 Å². The van der Waals surface area contributed by atoms with Gasteiger partial charge < -0.3 is 15.1 Å². The molecule has 4 nitrogen and oxygen atoms in total. The zero-order valence-corrected chi connectivity index (χ0v) is 11.5. The maximum atomic E-state index is 5.91. The molecule has 4 heteroatoms. The van der Waals surface area contributed by atoms with E-state index >= 15 is 0 Å². The van der Waals surface area contributed by atoms with Crippen molar-refractivity contribution in [1.29, 1.82) is 0 Å². The fraction of sp³-hybridized carbons (Fsp3) is 0.500. The molecule has 0 aliphatic heterocycles. The lowest BCUT2D eigenvalue weighted by atomic mass is 9.80. The van der Waals surface area contributed by atoms with Gasteiger partial charge in [0.1, 0.15) is 5.52 Å². The lowest BCUT2D eigenvalue weighted by Crippen LogP contribution is -2.38. The lowest BCUT2D eigenvalue weighted by Gasteiger charge is -2.38. The van der Waals surface area contributed by atoms with E-state index in [9.17, 15) is 0 Å². The minimum Gasteiger partial charge on any atom is -0.443 e. The molecule has 2 rings (SSSR count). The molecule has 2 N–H and O–H groups in total. The Morgan fingerprint density at radius 2 is 2.11 bits per heavy atom. The van der Waals surface area contributed by atoms with Crippen molar-refractivity contribution in [3.05, 3.63) is 30.2 Å². The Labute approximate surface area is 108 Å². The van der Waals surface area contributed by atoms with Crippen molar-refractivity contribution in [1.82, 2.24) is 9.88 Å². The Bertz CT molecular complexity index is 531. The molecule has 0 fully saturated rings. The van der Waals surface area contributed by atoms with Gasteiger partial charge in [-0.2, -0.15) is 0 Å². The first-order valence-corrected chi connectivity index (χ1v) is 6.15. The highest BCUT2D eigenvalue weighted by Crippen LogP contribution is 2.37. The average Bonchev–Trinajstić information content (AvgIpc) is 2.75. The smallest absolute Gasteiger partial charge is 0.181 e. The van der Waals surface area contributed by atoms with Crippen LogP contribution in [0.5, 0.6) is 0 Å². The highest BCUT2D eigenvalue weighted by atomic mass is 16.3. The Kier molecular flexibility index (Phi) is 3.41. The van der Waals surface area contributed by atoms with E-state index in [2.05, 4.69) is 50.0 Å². The van der Waals surface area contributed by atoms with Gasteiger partial charge in [-0.1, -0.05) is 19.9 Å². The predicted molar refractivity (Wildman–Crippen MR) is 73.3 cm³/mol. The van der Waals surface area contributed by atoms with Gasteiger partial charge in [0.25, 0.3) is 0 Å². The number of rotatable bonds is 4. The molecule has 0 bridgehead atoms. The maximum Gasteiger partial charge on any atom is 0.181 e. The quantitative estimate of drug-likeness (QED) is 0.901. The van der Waals surface area contributed by atoms with Crippen LogP contribution in [0.1, 0.15) is 25.5 Å². The fourth-order valence-corrected chi connectivity index (χ4v) is 2.60. The molecule has 0 saturated heterocycles. The normalized spacial score (nSPS) is 14.3. The number of hydrogen-bond donors (Lipinski definition) is 1. The molecule has 0 aliphatic carbocycles. The van der Waals surface area contributed by atoms with Crippen molar-refractivity contribution in [2.45, 2.75) is 19.9 Å². The molecule has 1 aromatic carbocycles. The third kappa shape index (κ3) is 2.26. The van der Waals surface area contributed by atoms with Gasteiger partial charge in [0.05, 0.1) is 0 Å². The van der Waals surface area contributed by atoms with Crippen molar-refractivity contribution in [2.24, 2.45) is 11.1 Å². The molecular formula is C14H21N3O. The van der Waals surface area contributed by atoms with Crippen LogP contribution in [0.4, 0.5) is 0 Å². The molecule has 1 atom stereocenters. The largest absolute Gasteiger partial charge is 0.443 e. The van der Waals surface area contributed by atoms with Crippen molar-refractivity contribution in [3.8, 4) is 0 Å². The Hall–Kier alpha value is -1.39. The summed E-state index contributed by atoms with van der Waals surface area (Å²) < 4.78 is 5.37. The maximum absolute atomic E-state index is 5.91. The molecule has 0 amide bonds. The van der Waals surface area contributed by atoms with E-state index in [0.717, 1.165) is 11.1 Å². The van der Waals surface area contributed by atoms with Gasteiger partial charge in [-0.05, 0) is 43.8 Å². The van der Waals surface area contributed by atoms with Gasteiger partial charge >= 0.3 is 0 Å². The Morgan fingerprint density at radius 3 is 2.72 bits per heavy atom. The summed E-state index contributed by atoms with van der Waals surface area (Å²) in [5, 5.41) is 0. The van der Waals surface area contributed by atoms with E-state index in [-0.39, 0.29) is 11.5 Å². The first kappa shape index (κ1) is 13.1. The third-order valence-electron chi connectivity index (χ3n) is 3.45. The van der Waals surface area contributed by atoms with Crippen molar-refractivity contribution in [2.75, 3.05) is 20.6 Å². The summed E-state index contributed by atoms with van der Waals surface area (Å²) >= 11 is 0. The van der Waals surface area contributed by atoms with Crippen LogP contribution in [0, 0.1) is 5.41 Å². The summed E-state index contributed by atoms with van der Waals surface area (Å²) in [5.74, 6) is 0. The van der Waals surface area contributed by atoms with Crippen LogP contribution in [0.15, 0.2) is 29.0 Å². The van der Waals surface area contributed by atoms with Crippen LogP contribution >= 0.6 is 0 Å². The summed E-state index contributed by atoms with van der Waals surface area (Å²) in [5.41, 5.74) is 8.83. The molecule has 1 aromatic heterocycles. The third-order valence-corrected chi connectivity index (χ3v) is 3.45. The second kappa shape index (κ2) is 4.71. The van der Waals surface area contributed by atoms with Gasteiger partial charge in [-0.25, -0.2) is 4.98 Å². The molecule has 98 valence electrons. The number of fused-ring (bicyclic) bond motifs is 1. The van der Waals surface area contributed by atoms with Crippen molar-refractivity contribution in [3.63, 3.8) is 0 Å². The van der Waals surface area contributed by atoms with Crippen LogP contribution < -0.4 is 5.73 Å². The first-order valence-electron chi connectivity index (χ1n) is 6.15. The van der Waals surface area contributed by atoms with Crippen molar-refractivity contribution < 1.29 is 4.42 Å². The summed E-state index contributed by atoms with van der Waals surface area (Å²) in [6, 6.07) is 6.41. The van der Waals surface area contributed by atoms with E-state index in [0.29, 0.717) is 6.54 Å². The molecule has 18 heavy (non-hydrogen) atoms. The number of hydrogen-bond acceptors (Lipinski definition) is 4. The molecule has 0 spiro atoms. The number of benzene rings is 1. The van der Waals surface area contributed by atoms with Gasteiger partial charge in [0.2, 0.25) is 0 Å². The molecule has 2 aromatic rings. The van der Waals surface area contributed by atoms with E-state index in [1.807, 2.05) is 6.07 Å². The fourth-order valence-electron chi connectivity index (χ4n) is 2.60. The SMILES string of the molecule is CN(C)C(c1ccc2ncoc2c1)C(C)(C)CN. The Morgan fingerprint density at radius 1 is 1.39 bits per heavy atom. The van der Waals surface area contributed by atoms with Gasteiger partial charge in [-0.15, -0.1) is 0 Å². The summed E-state index contributed by atoms with van der Waals surface area (Å²) in [6.45, 7) is 4.99. The highest BCUT2D eigenvalue weighted by molar-refractivity contribution is 5.72. The molecule has 0 saturated carbocycles. The molecule has 1 heterocycles. The van der Waals surface area contributed by atoms with Gasteiger partial charge in [-0.3, -0.25) is 0 Å². The number of nitrogens with zero attached hydrogens (tertiary/aromatic N) is 2. The molecule has 0 aliphatic rings. The van der Waals surface area contributed by atoms with Crippen LogP contribution in [-0.2, 0) is 0 Å². The second-order valence-electron chi connectivity index (χ2n) is 5.64. The lowest BCUT2D eigenvalue weighted by molar-refractivity contribution is 0.143. The molecular weight excluding hydrogens is 226 g/mol. The summed E-state index contributed by atoms with van der Waals surface area (Å²) in [7, 11) is 4.15. The standard InChI is InChI=1S/C14H21N3O/c1-14(2,8-15)13(17(3)4)10-5-6-11-12(7-10)18-9-16-11/h5-7,9,13H,8,15H2,1-4H3. The first-order chi connectivity index (χ1) is 8.45. The molecule has 1 unspecified atom stereocenters. The topological polar surface area (TPSA) is 55.3 Å². The van der Waals surface area contributed by atoms with Gasteiger partial charge in [0.15, 0.2) is 12.0 Å². The number of oxazole rings is 1. The molecule has 0 radical (unpaired) electrons. The summed E-state index contributed by atoms with van der Waals surface area (Å²) in [6.07, 6.45) is 1.48. The highest BCUT2D eigenvalue weighted by Gasteiger charge is 2.31. The van der Waals surface area contributed by atoms with Crippen LogP contribution in [-0.4, -0.2) is 30.5 Å². The zero-order valence-electron chi connectivity index (χ0n) is 11.5. The second-order valence-corrected chi connectivity index (χ2v) is 5.64. The Balaban J connectivity index is 2.47. The minimum atomic E-state index is -0.00278. The van der Waals surface area contributed by atoms with E-state index < -0.39 is 0 Å². The van der Waals surface area contributed by atoms with E-state index in [1.54, 1.807) is 0 Å². The van der Waals surface area contributed by atoms with Crippen LogP contribution in [0.25, 0.3) is 11.1 Å². The van der Waals surface area contributed by atoms with E-state index in [4.69, 9.17) is 10.2 Å². The monoisotopic (exact) mass is 247 g/mol. The zero-order chi connectivity index (χ0) is 13.3. The minimum absolute atomic E-state index is 0.00278. The summed E-state index contributed by atoms with van der Waals surface area (Å²) in [4.78, 5) is 6.34.